The SMILES string of the molecule is CCCNC(CCN(C)CC(F)(F)F)c1ccc(F)cn1. The molecule has 21 heavy (non-hydrogen) atoms. The van der Waals surface area contributed by atoms with E-state index in [0.717, 1.165) is 19.2 Å². The normalized spacial score (nSPS) is 13.7. The van der Waals surface area contributed by atoms with E-state index in [1.807, 2.05) is 6.92 Å². The van der Waals surface area contributed by atoms with Crippen molar-refractivity contribution >= 4 is 0 Å². The Hall–Kier alpha value is -1.21. The summed E-state index contributed by atoms with van der Waals surface area (Å²) < 4.78 is 49.8. The van der Waals surface area contributed by atoms with Gasteiger partial charge in [0.15, 0.2) is 0 Å². The number of aromatic nitrogens is 1. The maximum atomic E-state index is 12.9. The molecule has 0 aliphatic carbocycles. The summed E-state index contributed by atoms with van der Waals surface area (Å²) in [5, 5.41) is 3.23. The molecule has 1 atom stereocenters. The molecule has 0 radical (unpaired) electrons. The van der Waals surface area contributed by atoms with Gasteiger partial charge in [-0.1, -0.05) is 6.92 Å². The van der Waals surface area contributed by atoms with Crippen LogP contribution in [-0.2, 0) is 0 Å². The van der Waals surface area contributed by atoms with Crippen LogP contribution < -0.4 is 5.32 Å². The van der Waals surface area contributed by atoms with E-state index < -0.39 is 18.5 Å². The van der Waals surface area contributed by atoms with Gasteiger partial charge in [-0.05, 0) is 38.6 Å². The van der Waals surface area contributed by atoms with Crippen LogP contribution in [0, 0.1) is 5.82 Å². The fourth-order valence-electron chi connectivity index (χ4n) is 2.00. The maximum absolute atomic E-state index is 12.9. The molecule has 0 aromatic carbocycles. The van der Waals surface area contributed by atoms with Crippen LogP contribution >= 0.6 is 0 Å². The van der Waals surface area contributed by atoms with E-state index in [9.17, 15) is 17.6 Å². The number of nitrogens with one attached hydrogen (secondary N) is 1. The van der Waals surface area contributed by atoms with E-state index in [0.29, 0.717) is 12.1 Å². The second kappa shape index (κ2) is 8.29. The number of rotatable bonds is 8. The van der Waals surface area contributed by atoms with Crippen molar-refractivity contribution in [2.45, 2.75) is 32.0 Å². The van der Waals surface area contributed by atoms with Crippen LogP contribution in [0.25, 0.3) is 0 Å². The first-order valence-corrected chi connectivity index (χ1v) is 6.92. The first-order valence-electron chi connectivity index (χ1n) is 6.92. The second-order valence-electron chi connectivity index (χ2n) is 5.05. The molecule has 1 N–H and O–H groups in total. The van der Waals surface area contributed by atoms with E-state index in [-0.39, 0.29) is 12.6 Å². The number of nitrogens with zero attached hydrogens (tertiary/aromatic N) is 2. The Kier molecular flexibility index (Phi) is 7.04. The highest BCUT2D eigenvalue weighted by atomic mass is 19.4. The van der Waals surface area contributed by atoms with Crippen molar-refractivity contribution in [1.29, 1.82) is 0 Å². The smallest absolute Gasteiger partial charge is 0.309 e. The highest BCUT2D eigenvalue weighted by molar-refractivity contribution is 5.10. The third-order valence-corrected chi connectivity index (χ3v) is 3.00. The Morgan fingerprint density at radius 1 is 1.33 bits per heavy atom. The van der Waals surface area contributed by atoms with E-state index in [1.54, 1.807) is 6.07 Å². The Morgan fingerprint density at radius 2 is 2.05 bits per heavy atom. The molecule has 0 saturated carbocycles. The molecular weight excluding hydrogens is 286 g/mol. The van der Waals surface area contributed by atoms with Gasteiger partial charge in [0.05, 0.1) is 24.5 Å². The van der Waals surface area contributed by atoms with Crippen molar-refractivity contribution < 1.29 is 17.6 Å². The largest absolute Gasteiger partial charge is 0.401 e. The number of hydrogen-bond acceptors (Lipinski definition) is 3. The summed E-state index contributed by atoms with van der Waals surface area (Å²) in [4.78, 5) is 5.23. The predicted octanol–water partition coefficient (Wildman–Crippen LogP) is 3.15. The fraction of sp³-hybridized carbons (Fsp3) is 0.643. The molecule has 1 heterocycles. The predicted molar refractivity (Wildman–Crippen MR) is 73.4 cm³/mol. The van der Waals surface area contributed by atoms with Crippen LogP contribution in [0.3, 0.4) is 0 Å². The zero-order chi connectivity index (χ0) is 15.9. The monoisotopic (exact) mass is 307 g/mol. The molecule has 0 bridgehead atoms. The molecule has 0 spiro atoms. The molecule has 1 aromatic rings. The third-order valence-electron chi connectivity index (χ3n) is 3.00. The van der Waals surface area contributed by atoms with Gasteiger partial charge in [0.25, 0.3) is 0 Å². The quantitative estimate of drug-likeness (QED) is 0.748. The lowest BCUT2D eigenvalue weighted by Gasteiger charge is -2.23. The molecule has 1 rings (SSSR count). The van der Waals surface area contributed by atoms with Gasteiger partial charge in [0, 0.05) is 6.54 Å². The standard InChI is InChI=1S/C14H21F4N3/c1-3-7-19-13(12-5-4-11(15)9-20-12)6-8-21(2)10-14(16,17)18/h4-5,9,13,19H,3,6-8,10H2,1-2H3. The van der Waals surface area contributed by atoms with E-state index in [4.69, 9.17) is 0 Å². The average Bonchev–Trinajstić information content (AvgIpc) is 2.38. The van der Waals surface area contributed by atoms with Crippen LogP contribution in [0.4, 0.5) is 17.6 Å². The van der Waals surface area contributed by atoms with Crippen LogP contribution in [0.1, 0.15) is 31.5 Å². The van der Waals surface area contributed by atoms with Gasteiger partial charge in [-0.3, -0.25) is 9.88 Å². The first-order chi connectivity index (χ1) is 9.81. The summed E-state index contributed by atoms with van der Waals surface area (Å²) in [6.45, 7) is 2.06. The Balaban J connectivity index is 2.60. The fourth-order valence-corrected chi connectivity index (χ4v) is 2.00. The van der Waals surface area contributed by atoms with Crippen molar-refractivity contribution in [3.63, 3.8) is 0 Å². The molecule has 120 valence electrons. The van der Waals surface area contributed by atoms with Crippen LogP contribution in [0.2, 0.25) is 0 Å². The third kappa shape index (κ3) is 7.38. The summed E-state index contributed by atoms with van der Waals surface area (Å²) in [5.74, 6) is -0.429. The molecule has 3 nitrogen and oxygen atoms in total. The van der Waals surface area contributed by atoms with Gasteiger partial charge in [-0.2, -0.15) is 13.2 Å². The molecule has 0 fully saturated rings. The molecule has 0 amide bonds. The Bertz CT molecular complexity index is 406. The average molecular weight is 307 g/mol. The minimum absolute atomic E-state index is 0.179. The van der Waals surface area contributed by atoms with Crippen molar-refractivity contribution in [1.82, 2.24) is 15.2 Å². The number of alkyl halides is 3. The second-order valence-corrected chi connectivity index (χ2v) is 5.05. The molecule has 7 heteroatoms. The van der Waals surface area contributed by atoms with Gasteiger partial charge >= 0.3 is 6.18 Å². The van der Waals surface area contributed by atoms with Gasteiger partial charge < -0.3 is 5.32 Å². The zero-order valence-electron chi connectivity index (χ0n) is 12.3. The van der Waals surface area contributed by atoms with Gasteiger partial charge in [-0.25, -0.2) is 4.39 Å². The van der Waals surface area contributed by atoms with E-state index in [2.05, 4.69) is 10.3 Å². The minimum atomic E-state index is -4.20. The number of pyridine rings is 1. The van der Waals surface area contributed by atoms with Crippen molar-refractivity contribution in [2.75, 3.05) is 26.7 Å². The number of halogens is 4. The zero-order valence-corrected chi connectivity index (χ0v) is 12.3. The summed E-state index contributed by atoms with van der Waals surface area (Å²) >= 11 is 0. The molecular formula is C14H21F4N3. The Morgan fingerprint density at radius 3 is 2.57 bits per heavy atom. The highest BCUT2D eigenvalue weighted by Gasteiger charge is 2.29. The molecule has 0 aliphatic rings. The minimum Gasteiger partial charge on any atom is -0.309 e. The van der Waals surface area contributed by atoms with Crippen molar-refractivity contribution in [2.24, 2.45) is 0 Å². The molecule has 0 aliphatic heterocycles. The van der Waals surface area contributed by atoms with Crippen molar-refractivity contribution in [3.05, 3.63) is 29.8 Å². The Labute approximate surface area is 122 Å². The van der Waals surface area contributed by atoms with Crippen LogP contribution in [0.15, 0.2) is 18.3 Å². The topological polar surface area (TPSA) is 28.2 Å². The lowest BCUT2D eigenvalue weighted by Crippen LogP contribution is -2.34. The maximum Gasteiger partial charge on any atom is 0.401 e. The summed E-state index contributed by atoms with van der Waals surface area (Å²) in [7, 11) is 1.43. The molecule has 0 saturated heterocycles. The highest BCUT2D eigenvalue weighted by Crippen LogP contribution is 2.18. The summed E-state index contributed by atoms with van der Waals surface area (Å²) in [5.41, 5.74) is 0.644. The van der Waals surface area contributed by atoms with Gasteiger partial charge in [-0.15, -0.1) is 0 Å². The molecule has 1 unspecified atom stereocenters. The van der Waals surface area contributed by atoms with Crippen LogP contribution in [0.5, 0.6) is 0 Å². The summed E-state index contributed by atoms with van der Waals surface area (Å²) in [6, 6.07) is 2.69. The lowest BCUT2D eigenvalue weighted by molar-refractivity contribution is -0.143. The van der Waals surface area contributed by atoms with E-state index >= 15 is 0 Å². The first kappa shape index (κ1) is 17.8. The summed E-state index contributed by atoms with van der Waals surface area (Å²) in [6.07, 6.45) is -1.70. The van der Waals surface area contributed by atoms with Gasteiger partial charge in [0.2, 0.25) is 0 Å². The molecule has 1 aromatic heterocycles. The van der Waals surface area contributed by atoms with E-state index in [1.165, 1.54) is 18.0 Å². The van der Waals surface area contributed by atoms with Crippen molar-refractivity contribution in [3.8, 4) is 0 Å². The van der Waals surface area contributed by atoms with Crippen LogP contribution in [-0.4, -0.2) is 42.7 Å². The number of hydrogen-bond donors (Lipinski definition) is 1. The lowest BCUT2D eigenvalue weighted by atomic mass is 10.1. The van der Waals surface area contributed by atoms with Gasteiger partial charge in [0.1, 0.15) is 5.82 Å².